The summed E-state index contributed by atoms with van der Waals surface area (Å²) >= 11 is 0. The van der Waals surface area contributed by atoms with E-state index >= 15 is 0 Å². The minimum Gasteiger partial charge on any atom is -0.341 e. The quantitative estimate of drug-likeness (QED) is 0.583. The lowest BCUT2D eigenvalue weighted by molar-refractivity contribution is -0.130. The summed E-state index contributed by atoms with van der Waals surface area (Å²) in [5, 5.41) is 1.61. The lowest BCUT2D eigenvalue weighted by Gasteiger charge is -2.27. The number of nitrogens with zero attached hydrogens (tertiary/aromatic N) is 2. The van der Waals surface area contributed by atoms with E-state index in [1.54, 1.807) is 24.1 Å². The molecular formula is C25H24N2O3. The van der Waals surface area contributed by atoms with Gasteiger partial charge in [-0.2, -0.15) is 0 Å². The Bertz CT molecular complexity index is 1100. The van der Waals surface area contributed by atoms with Crippen molar-refractivity contribution in [1.29, 1.82) is 0 Å². The van der Waals surface area contributed by atoms with Crippen LogP contribution in [0.3, 0.4) is 0 Å². The smallest absolute Gasteiger partial charge is 0.261 e. The number of amides is 3. The highest BCUT2D eigenvalue weighted by Gasteiger charge is 2.32. The van der Waals surface area contributed by atoms with Crippen LogP contribution < -0.4 is 0 Å². The van der Waals surface area contributed by atoms with Gasteiger partial charge in [-0.05, 0) is 42.0 Å². The number of aryl methyl sites for hydroxylation is 1. The third kappa shape index (κ3) is 3.59. The number of imide groups is 1. The van der Waals surface area contributed by atoms with Gasteiger partial charge in [-0.15, -0.1) is 0 Å². The first-order chi connectivity index (χ1) is 14.5. The molecule has 4 rings (SSSR count). The fourth-order valence-corrected chi connectivity index (χ4v) is 3.99. The molecule has 0 N–H and O–H groups in total. The van der Waals surface area contributed by atoms with E-state index in [1.807, 2.05) is 55.5 Å². The summed E-state index contributed by atoms with van der Waals surface area (Å²) in [6.45, 7) is 2.80. The van der Waals surface area contributed by atoms with Gasteiger partial charge in [0.2, 0.25) is 5.91 Å². The van der Waals surface area contributed by atoms with Gasteiger partial charge in [-0.3, -0.25) is 19.3 Å². The summed E-state index contributed by atoms with van der Waals surface area (Å²) in [7, 11) is 1.78. The van der Waals surface area contributed by atoms with E-state index in [4.69, 9.17) is 0 Å². The van der Waals surface area contributed by atoms with E-state index in [-0.39, 0.29) is 30.7 Å². The normalized spacial score (nSPS) is 13.1. The Labute approximate surface area is 175 Å². The van der Waals surface area contributed by atoms with E-state index < -0.39 is 0 Å². The van der Waals surface area contributed by atoms with Gasteiger partial charge < -0.3 is 4.90 Å². The Morgan fingerprint density at radius 3 is 2.17 bits per heavy atom. The Hall–Kier alpha value is -3.47. The monoisotopic (exact) mass is 400 g/mol. The molecule has 3 amide bonds. The summed E-state index contributed by atoms with van der Waals surface area (Å²) in [5.74, 6) is -0.576. The second-order valence-corrected chi connectivity index (χ2v) is 7.75. The van der Waals surface area contributed by atoms with Gasteiger partial charge >= 0.3 is 0 Å². The minimum atomic E-state index is -0.287. The SMILES string of the molecule is Cc1ccccc1CN(C)C(=O)CCCN1C(=O)c2cccc3cccc(c23)C1=O. The topological polar surface area (TPSA) is 57.7 Å². The molecule has 1 heterocycles. The molecule has 0 bridgehead atoms. The molecule has 0 radical (unpaired) electrons. The third-order valence-corrected chi connectivity index (χ3v) is 5.72. The van der Waals surface area contributed by atoms with E-state index in [9.17, 15) is 14.4 Å². The van der Waals surface area contributed by atoms with Gasteiger partial charge in [0.25, 0.3) is 11.8 Å². The molecule has 0 atom stereocenters. The Balaban J connectivity index is 1.41. The van der Waals surface area contributed by atoms with Crippen molar-refractivity contribution < 1.29 is 14.4 Å². The molecule has 0 saturated carbocycles. The van der Waals surface area contributed by atoms with Crippen LogP contribution in [0.2, 0.25) is 0 Å². The number of benzene rings is 3. The molecule has 5 nitrogen and oxygen atoms in total. The summed E-state index contributed by atoms with van der Waals surface area (Å²) in [6.07, 6.45) is 0.720. The summed E-state index contributed by atoms with van der Waals surface area (Å²) in [4.78, 5) is 41.3. The van der Waals surface area contributed by atoms with E-state index in [0.29, 0.717) is 24.1 Å². The standard InChI is InChI=1S/C25H24N2O3/c1-17-8-3-4-9-19(17)16-26(2)22(28)14-7-15-27-24(29)20-12-5-10-18-11-6-13-21(23(18)20)25(27)30/h3-6,8-13H,7,14-16H2,1-2H3. The summed E-state index contributed by atoms with van der Waals surface area (Å²) in [6, 6.07) is 19.0. The van der Waals surface area contributed by atoms with Crippen molar-refractivity contribution >= 4 is 28.5 Å². The van der Waals surface area contributed by atoms with Crippen LogP contribution in [0, 0.1) is 6.92 Å². The highest BCUT2D eigenvalue weighted by Crippen LogP contribution is 2.30. The van der Waals surface area contributed by atoms with Crippen LogP contribution >= 0.6 is 0 Å². The molecular weight excluding hydrogens is 376 g/mol. The molecule has 3 aromatic rings. The molecule has 3 aromatic carbocycles. The van der Waals surface area contributed by atoms with E-state index in [0.717, 1.165) is 21.9 Å². The minimum absolute atomic E-state index is 0.00216. The van der Waals surface area contributed by atoms with Gasteiger partial charge in [-0.1, -0.05) is 48.5 Å². The first-order valence-electron chi connectivity index (χ1n) is 10.1. The maximum Gasteiger partial charge on any atom is 0.261 e. The van der Waals surface area contributed by atoms with Crippen LogP contribution in [0.25, 0.3) is 10.8 Å². The first-order valence-corrected chi connectivity index (χ1v) is 10.1. The summed E-state index contributed by atoms with van der Waals surface area (Å²) < 4.78 is 0. The van der Waals surface area contributed by atoms with E-state index in [2.05, 4.69) is 0 Å². The van der Waals surface area contributed by atoms with Gasteiger partial charge in [-0.25, -0.2) is 0 Å². The number of carbonyl (C=O) groups excluding carboxylic acids is 3. The molecule has 0 aliphatic carbocycles. The number of carbonyl (C=O) groups is 3. The molecule has 0 spiro atoms. The van der Waals surface area contributed by atoms with Crippen molar-refractivity contribution in [2.75, 3.05) is 13.6 Å². The number of hydrogen-bond donors (Lipinski definition) is 0. The van der Waals surface area contributed by atoms with Crippen molar-refractivity contribution in [1.82, 2.24) is 9.80 Å². The lowest BCUT2D eigenvalue weighted by atomic mass is 9.94. The number of rotatable bonds is 6. The van der Waals surface area contributed by atoms with Crippen molar-refractivity contribution in [3.8, 4) is 0 Å². The van der Waals surface area contributed by atoms with Crippen LogP contribution in [0.5, 0.6) is 0 Å². The van der Waals surface area contributed by atoms with Gasteiger partial charge in [0.15, 0.2) is 0 Å². The van der Waals surface area contributed by atoms with Crippen molar-refractivity contribution in [2.45, 2.75) is 26.3 Å². The maximum atomic E-state index is 12.9. The second kappa shape index (κ2) is 8.11. The van der Waals surface area contributed by atoms with Crippen LogP contribution in [0.4, 0.5) is 0 Å². The highest BCUT2D eigenvalue weighted by atomic mass is 16.2. The predicted octanol–water partition coefficient (Wildman–Crippen LogP) is 4.18. The number of hydrogen-bond acceptors (Lipinski definition) is 3. The van der Waals surface area contributed by atoms with Crippen LogP contribution in [0.15, 0.2) is 60.7 Å². The average molecular weight is 400 g/mol. The second-order valence-electron chi connectivity index (χ2n) is 7.75. The molecule has 1 aliphatic rings. The maximum absolute atomic E-state index is 12.9. The summed E-state index contributed by atoms with van der Waals surface area (Å²) in [5.41, 5.74) is 3.35. The van der Waals surface area contributed by atoms with Crippen LogP contribution in [-0.2, 0) is 11.3 Å². The van der Waals surface area contributed by atoms with Crippen LogP contribution in [0.1, 0.15) is 44.7 Å². The first kappa shape index (κ1) is 19.8. The fraction of sp³-hybridized carbons (Fsp3) is 0.240. The molecule has 0 aromatic heterocycles. The van der Waals surface area contributed by atoms with Crippen molar-refractivity contribution in [3.05, 3.63) is 82.9 Å². The molecule has 0 unspecified atom stereocenters. The fourth-order valence-electron chi connectivity index (χ4n) is 3.99. The zero-order chi connectivity index (χ0) is 21.3. The van der Waals surface area contributed by atoms with E-state index in [1.165, 1.54) is 4.90 Å². The van der Waals surface area contributed by atoms with Crippen molar-refractivity contribution in [3.63, 3.8) is 0 Å². The molecule has 0 saturated heterocycles. The molecule has 30 heavy (non-hydrogen) atoms. The molecule has 152 valence electrons. The third-order valence-electron chi connectivity index (χ3n) is 5.72. The Kier molecular flexibility index (Phi) is 5.36. The van der Waals surface area contributed by atoms with Crippen LogP contribution in [-0.4, -0.2) is 41.1 Å². The van der Waals surface area contributed by atoms with Gasteiger partial charge in [0, 0.05) is 43.1 Å². The zero-order valence-corrected chi connectivity index (χ0v) is 17.2. The average Bonchev–Trinajstić information content (AvgIpc) is 2.75. The Morgan fingerprint density at radius 1 is 0.900 bits per heavy atom. The lowest BCUT2D eigenvalue weighted by Crippen LogP contribution is -2.41. The largest absolute Gasteiger partial charge is 0.341 e. The molecule has 5 heteroatoms. The predicted molar refractivity (Wildman–Crippen MR) is 116 cm³/mol. The Morgan fingerprint density at radius 2 is 1.53 bits per heavy atom. The molecule has 0 fully saturated rings. The van der Waals surface area contributed by atoms with Gasteiger partial charge in [0.05, 0.1) is 0 Å². The van der Waals surface area contributed by atoms with Crippen molar-refractivity contribution in [2.24, 2.45) is 0 Å². The highest BCUT2D eigenvalue weighted by molar-refractivity contribution is 6.25. The molecule has 1 aliphatic heterocycles. The van der Waals surface area contributed by atoms with Gasteiger partial charge in [0.1, 0.15) is 0 Å². The zero-order valence-electron chi connectivity index (χ0n) is 17.2.